The van der Waals surface area contributed by atoms with Gasteiger partial charge in [-0.3, -0.25) is 4.79 Å². The fourth-order valence-electron chi connectivity index (χ4n) is 3.22. The van der Waals surface area contributed by atoms with Crippen LogP contribution in [-0.4, -0.2) is 59.2 Å². The first-order valence-electron chi connectivity index (χ1n) is 9.23. The predicted molar refractivity (Wildman–Crippen MR) is 105 cm³/mol. The highest BCUT2D eigenvalue weighted by molar-refractivity contribution is 5.91. The molecule has 1 fully saturated rings. The second-order valence-electron chi connectivity index (χ2n) is 6.71. The molecule has 0 unspecified atom stereocenters. The summed E-state index contributed by atoms with van der Waals surface area (Å²) in [6.07, 6.45) is 3.19. The van der Waals surface area contributed by atoms with E-state index in [0.717, 1.165) is 5.82 Å². The second kappa shape index (κ2) is 8.08. The number of amides is 1. The van der Waals surface area contributed by atoms with Crippen LogP contribution in [0.1, 0.15) is 16.1 Å². The number of furan rings is 1. The van der Waals surface area contributed by atoms with Gasteiger partial charge in [0.1, 0.15) is 0 Å². The zero-order valence-corrected chi connectivity index (χ0v) is 15.7. The van der Waals surface area contributed by atoms with Crippen LogP contribution in [0.5, 0.6) is 0 Å². The Hall–Kier alpha value is -3.42. The van der Waals surface area contributed by atoms with Crippen LogP contribution in [0.15, 0.2) is 59.3 Å². The average molecular weight is 378 g/mol. The van der Waals surface area contributed by atoms with Crippen LogP contribution in [0, 0.1) is 0 Å². The van der Waals surface area contributed by atoms with Crippen LogP contribution in [-0.2, 0) is 6.54 Å². The third-order valence-corrected chi connectivity index (χ3v) is 4.76. The number of rotatable bonds is 5. The number of carbonyl (C=O) groups is 1. The smallest absolute Gasteiger partial charge is 0.289 e. The van der Waals surface area contributed by atoms with Crippen molar-refractivity contribution >= 4 is 17.7 Å². The number of hydrogen-bond donors (Lipinski definition) is 0. The molecule has 3 heterocycles. The SMILES string of the molecule is CN(Cc1ccccc1)c1nncc(N2CCN(C(=O)c3ccco3)CC2)n1. The van der Waals surface area contributed by atoms with Crippen LogP contribution in [0.25, 0.3) is 0 Å². The molecule has 0 aliphatic carbocycles. The maximum atomic E-state index is 12.4. The number of anilines is 2. The molecule has 0 radical (unpaired) electrons. The fourth-order valence-corrected chi connectivity index (χ4v) is 3.22. The minimum Gasteiger partial charge on any atom is -0.459 e. The van der Waals surface area contributed by atoms with E-state index >= 15 is 0 Å². The lowest BCUT2D eigenvalue weighted by Crippen LogP contribution is -2.49. The van der Waals surface area contributed by atoms with Crippen molar-refractivity contribution in [3.63, 3.8) is 0 Å². The summed E-state index contributed by atoms with van der Waals surface area (Å²) in [6, 6.07) is 13.6. The van der Waals surface area contributed by atoms with E-state index in [1.54, 1.807) is 23.2 Å². The van der Waals surface area contributed by atoms with Crippen molar-refractivity contribution in [1.29, 1.82) is 0 Å². The van der Waals surface area contributed by atoms with Crippen molar-refractivity contribution < 1.29 is 9.21 Å². The first-order chi connectivity index (χ1) is 13.7. The van der Waals surface area contributed by atoms with E-state index in [9.17, 15) is 4.79 Å². The molecule has 144 valence electrons. The Balaban J connectivity index is 1.39. The first kappa shape index (κ1) is 18.0. The zero-order chi connectivity index (χ0) is 19.3. The highest BCUT2D eigenvalue weighted by atomic mass is 16.3. The molecular weight excluding hydrogens is 356 g/mol. The van der Waals surface area contributed by atoms with E-state index in [-0.39, 0.29) is 5.91 Å². The molecule has 1 aliphatic heterocycles. The van der Waals surface area contributed by atoms with Crippen molar-refractivity contribution in [2.75, 3.05) is 43.0 Å². The van der Waals surface area contributed by atoms with E-state index in [1.807, 2.05) is 30.1 Å². The molecule has 8 nitrogen and oxygen atoms in total. The van der Waals surface area contributed by atoms with Gasteiger partial charge in [-0.2, -0.15) is 10.1 Å². The molecule has 4 rings (SSSR count). The van der Waals surface area contributed by atoms with E-state index in [4.69, 9.17) is 4.42 Å². The summed E-state index contributed by atoms with van der Waals surface area (Å²) < 4.78 is 5.21. The number of nitrogens with zero attached hydrogens (tertiary/aromatic N) is 6. The minimum absolute atomic E-state index is 0.0752. The Morgan fingerprint density at radius 3 is 2.61 bits per heavy atom. The highest BCUT2D eigenvalue weighted by Crippen LogP contribution is 2.17. The number of benzene rings is 1. The molecule has 28 heavy (non-hydrogen) atoms. The Morgan fingerprint density at radius 1 is 1.11 bits per heavy atom. The summed E-state index contributed by atoms with van der Waals surface area (Å²) in [7, 11) is 1.95. The van der Waals surface area contributed by atoms with Gasteiger partial charge < -0.3 is 19.1 Å². The molecule has 0 spiro atoms. The number of piperazine rings is 1. The minimum atomic E-state index is -0.0752. The van der Waals surface area contributed by atoms with Crippen LogP contribution in [0.4, 0.5) is 11.8 Å². The number of aromatic nitrogens is 3. The first-order valence-corrected chi connectivity index (χ1v) is 9.23. The average Bonchev–Trinajstić information content (AvgIpc) is 3.29. The van der Waals surface area contributed by atoms with Crippen molar-refractivity contribution in [2.45, 2.75) is 6.54 Å². The van der Waals surface area contributed by atoms with Crippen LogP contribution in [0.3, 0.4) is 0 Å². The molecule has 1 aromatic carbocycles. The monoisotopic (exact) mass is 378 g/mol. The van der Waals surface area contributed by atoms with Gasteiger partial charge >= 0.3 is 0 Å². The van der Waals surface area contributed by atoms with E-state index in [0.29, 0.717) is 44.4 Å². The van der Waals surface area contributed by atoms with E-state index in [1.165, 1.54) is 11.8 Å². The normalized spacial score (nSPS) is 14.2. The second-order valence-corrected chi connectivity index (χ2v) is 6.71. The Labute approximate surface area is 163 Å². The molecule has 1 saturated heterocycles. The maximum Gasteiger partial charge on any atom is 0.289 e. The summed E-state index contributed by atoms with van der Waals surface area (Å²) in [5, 5.41) is 8.29. The predicted octanol–water partition coefficient (Wildman–Crippen LogP) is 2.06. The summed E-state index contributed by atoms with van der Waals surface area (Å²) >= 11 is 0. The topological polar surface area (TPSA) is 78.6 Å². The molecule has 3 aromatic rings. The van der Waals surface area contributed by atoms with Crippen molar-refractivity contribution in [1.82, 2.24) is 20.1 Å². The zero-order valence-electron chi connectivity index (χ0n) is 15.7. The van der Waals surface area contributed by atoms with Gasteiger partial charge in [0.05, 0.1) is 12.5 Å². The van der Waals surface area contributed by atoms with Crippen LogP contribution < -0.4 is 9.80 Å². The van der Waals surface area contributed by atoms with Gasteiger partial charge in [0.25, 0.3) is 5.91 Å². The maximum absolute atomic E-state index is 12.4. The molecular formula is C20H22N6O2. The Bertz CT molecular complexity index is 907. The van der Waals surface area contributed by atoms with Gasteiger partial charge in [-0.1, -0.05) is 30.3 Å². The van der Waals surface area contributed by atoms with E-state index in [2.05, 4.69) is 32.2 Å². The van der Waals surface area contributed by atoms with Crippen LogP contribution in [0.2, 0.25) is 0 Å². The lowest BCUT2D eigenvalue weighted by atomic mass is 10.2. The van der Waals surface area contributed by atoms with Gasteiger partial charge in [0, 0.05) is 39.8 Å². The summed E-state index contributed by atoms with van der Waals surface area (Å²) in [5.74, 6) is 1.65. The number of hydrogen-bond acceptors (Lipinski definition) is 7. The standard InChI is InChI=1S/C20H22N6O2/c1-24(15-16-6-3-2-4-7-16)20-22-18(14-21-23-20)25-9-11-26(12-10-25)19(27)17-8-5-13-28-17/h2-8,13-14H,9-12,15H2,1H3. The lowest BCUT2D eigenvalue weighted by Gasteiger charge is -2.35. The molecule has 2 aromatic heterocycles. The molecule has 8 heteroatoms. The largest absolute Gasteiger partial charge is 0.459 e. The molecule has 1 aliphatic rings. The quantitative estimate of drug-likeness (QED) is 0.672. The van der Waals surface area contributed by atoms with Gasteiger partial charge in [0.15, 0.2) is 11.6 Å². The third kappa shape index (κ3) is 3.95. The highest BCUT2D eigenvalue weighted by Gasteiger charge is 2.24. The molecule has 0 saturated carbocycles. The van der Waals surface area contributed by atoms with Gasteiger partial charge in [-0.25, -0.2) is 0 Å². The molecule has 0 bridgehead atoms. The van der Waals surface area contributed by atoms with Crippen molar-refractivity contribution in [3.05, 3.63) is 66.2 Å². The van der Waals surface area contributed by atoms with Crippen LogP contribution >= 0.6 is 0 Å². The number of carbonyl (C=O) groups excluding carboxylic acids is 1. The van der Waals surface area contributed by atoms with Crippen molar-refractivity contribution in [3.8, 4) is 0 Å². The van der Waals surface area contributed by atoms with Gasteiger partial charge in [-0.05, 0) is 17.7 Å². The van der Waals surface area contributed by atoms with Crippen molar-refractivity contribution in [2.24, 2.45) is 0 Å². The summed E-state index contributed by atoms with van der Waals surface area (Å²) in [5.41, 5.74) is 1.18. The third-order valence-electron chi connectivity index (χ3n) is 4.76. The molecule has 1 amide bonds. The Morgan fingerprint density at radius 2 is 1.89 bits per heavy atom. The van der Waals surface area contributed by atoms with Gasteiger partial charge in [-0.15, -0.1) is 5.10 Å². The molecule has 0 atom stereocenters. The summed E-state index contributed by atoms with van der Waals surface area (Å²) in [6.45, 7) is 3.30. The lowest BCUT2D eigenvalue weighted by molar-refractivity contribution is 0.0714. The Kier molecular flexibility index (Phi) is 5.18. The van der Waals surface area contributed by atoms with E-state index < -0.39 is 0 Å². The fraction of sp³-hybridized carbons (Fsp3) is 0.300. The van der Waals surface area contributed by atoms with Gasteiger partial charge in [0.2, 0.25) is 5.95 Å². The molecule has 0 N–H and O–H groups in total. The summed E-state index contributed by atoms with van der Waals surface area (Å²) in [4.78, 5) is 23.0.